The van der Waals surface area contributed by atoms with Crippen LogP contribution in [0.5, 0.6) is 0 Å². The van der Waals surface area contributed by atoms with Crippen molar-refractivity contribution in [2.75, 3.05) is 46.6 Å². The van der Waals surface area contributed by atoms with Gasteiger partial charge >= 0.3 is 0 Å². The first-order valence-corrected chi connectivity index (χ1v) is 8.06. The summed E-state index contributed by atoms with van der Waals surface area (Å²) in [5.74, 6) is 0.742. The number of hydrogen-bond donors (Lipinski definition) is 1. The monoisotopic (exact) mass is 286 g/mol. The van der Waals surface area contributed by atoms with Crippen LogP contribution in [-0.4, -0.2) is 63.0 Å². The number of ether oxygens (including phenoxy) is 2. The van der Waals surface area contributed by atoms with Gasteiger partial charge in [0.05, 0.1) is 13.2 Å². The third kappa shape index (κ3) is 5.68. The molecule has 1 aliphatic heterocycles. The van der Waals surface area contributed by atoms with Crippen LogP contribution in [0.2, 0.25) is 0 Å². The Hall–Kier alpha value is -0.160. The Bertz CT molecular complexity index is 259. The quantitative estimate of drug-likeness (QED) is 0.659. The van der Waals surface area contributed by atoms with Gasteiger partial charge in [0.25, 0.3) is 0 Å². The van der Waals surface area contributed by atoms with Gasteiger partial charge in [-0.1, -0.05) is 20.3 Å². The van der Waals surface area contributed by atoms with Gasteiger partial charge in [-0.15, -0.1) is 0 Å². The third-order valence-corrected chi connectivity index (χ3v) is 4.55. The summed E-state index contributed by atoms with van der Waals surface area (Å²) < 4.78 is 10.5. The van der Waals surface area contributed by atoms with E-state index in [-0.39, 0.29) is 5.54 Å². The fraction of sp³-hybridized carbons (Fsp3) is 1.00. The van der Waals surface area contributed by atoms with Crippen molar-refractivity contribution >= 4 is 0 Å². The minimum Gasteiger partial charge on any atom is -0.382 e. The van der Waals surface area contributed by atoms with Gasteiger partial charge in [0, 0.05) is 44.9 Å². The molecule has 0 aliphatic carbocycles. The maximum absolute atomic E-state index is 5.56. The molecule has 1 N–H and O–H groups in total. The summed E-state index contributed by atoms with van der Waals surface area (Å²) in [4.78, 5) is 2.63. The minimum atomic E-state index is 0.247. The molecule has 0 aromatic carbocycles. The van der Waals surface area contributed by atoms with Crippen LogP contribution < -0.4 is 5.32 Å². The molecule has 0 spiro atoms. The molecule has 1 rings (SSSR count). The predicted octanol–water partition coefficient (Wildman–Crippen LogP) is 2.14. The van der Waals surface area contributed by atoms with Crippen molar-refractivity contribution in [2.24, 2.45) is 5.92 Å². The molecular formula is C16H34N2O2. The zero-order chi connectivity index (χ0) is 15.0. The number of hydrogen-bond acceptors (Lipinski definition) is 4. The normalized spacial score (nSPS) is 24.8. The van der Waals surface area contributed by atoms with Gasteiger partial charge in [0.1, 0.15) is 0 Å². The van der Waals surface area contributed by atoms with Gasteiger partial charge in [-0.2, -0.15) is 0 Å². The Labute approximate surface area is 125 Å². The van der Waals surface area contributed by atoms with Gasteiger partial charge < -0.3 is 14.8 Å². The van der Waals surface area contributed by atoms with E-state index in [1.54, 1.807) is 7.11 Å². The van der Waals surface area contributed by atoms with Crippen LogP contribution in [0.15, 0.2) is 0 Å². The molecule has 0 radical (unpaired) electrons. The smallest absolute Gasteiger partial charge is 0.0700 e. The lowest BCUT2D eigenvalue weighted by molar-refractivity contribution is 0.0316. The number of nitrogens with zero attached hydrogens (tertiary/aromatic N) is 1. The second-order valence-corrected chi connectivity index (χ2v) is 6.59. The largest absolute Gasteiger partial charge is 0.382 e. The van der Waals surface area contributed by atoms with Gasteiger partial charge in [-0.05, 0) is 26.2 Å². The lowest BCUT2D eigenvalue weighted by Gasteiger charge is -2.47. The molecule has 0 amide bonds. The highest BCUT2D eigenvalue weighted by Gasteiger charge is 2.34. The van der Waals surface area contributed by atoms with E-state index in [0.29, 0.717) is 19.3 Å². The maximum Gasteiger partial charge on any atom is 0.0700 e. The van der Waals surface area contributed by atoms with Crippen LogP contribution in [0.25, 0.3) is 0 Å². The van der Waals surface area contributed by atoms with Crippen molar-refractivity contribution in [1.29, 1.82) is 0 Å². The van der Waals surface area contributed by atoms with Crippen LogP contribution in [0.4, 0.5) is 0 Å². The van der Waals surface area contributed by atoms with Crippen molar-refractivity contribution in [1.82, 2.24) is 10.2 Å². The van der Waals surface area contributed by atoms with Gasteiger partial charge in [0.15, 0.2) is 0 Å². The summed E-state index contributed by atoms with van der Waals surface area (Å²) in [5, 5.41) is 3.72. The summed E-state index contributed by atoms with van der Waals surface area (Å²) in [6, 6.07) is 0.627. The van der Waals surface area contributed by atoms with E-state index < -0.39 is 0 Å². The molecule has 0 bridgehead atoms. The Kier molecular flexibility index (Phi) is 8.03. The van der Waals surface area contributed by atoms with E-state index in [1.807, 2.05) is 0 Å². The number of nitrogens with one attached hydrogen (secondary N) is 1. The predicted molar refractivity (Wildman–Crippen MR) is 84.2 cm³/mol. The summed E-state index contributed by atoms with van der Waals surface area (Å²) in [6.45, 7) is 14.9. The van der Waals surface area contributed by atoms with E-state index in [2.05, 4.69) is 37.9 Å². The summed E-state index contributed by atoms with van der Waals surface area (Å²) in [5.41, 5.74) is 0.247. The lowest BCUT2D eigenvalue weighted by Crippen LogP contribution is -2.63. The standard InChI is InChI=1S/C16H34N2O2/c1-6-14(2)15-12-18(16(3,4)13-17-15)8-7-9-20-11-10-19-5/h14-15,17H,6-13H2,1-5H3. The molecule has 4 heteroatoms. The van der Waals surface area contributed by atoms with E-state index >= 15 is 0 Å². The highest BCUT2D eigenvalue weighted by molar-refractivity contribution is 4.94. The van der Waals surface area contributed by atoms with E-state index in [1.165, 1.54) is 6.42 Å². The van der Waals surface area contributed by atoms with Crippen LogP contribution in [0, 0.1) is 5.92 Å². The van der Waals surface area contributed by atoms with E-state index in [0.717, 1.165) is 38.6 Å². The molecule has 20 heavy (non-hydrogen) atoms. The van der Waals surface area contributed by atoms with Gasteiger partial charge in [0.2, 0.25) is 0 Å². The van der Waals surface area contributed by atoms with Crippen molar-refractivity contribution in [3.05, 3.63) is 0 Å². The zero-order valence-electron chi connectivity index (χ0n) is 14.1. The zero-order valence-corrected chi connectivity index (χ0v) is 14.1. The number of methoxy groups -OCH3 is 1. The Morgan fingerprint density at radius 1 is 1.30 bits per heavy atom. The molecule has 120 valence electrons. The van der Waals surface area contributed by atoms with Crippen molar-refractivity contribution < 1.29 is 9.47 Å². The van der Waals surface area contributed by atoms with Crippen molar-refractivity contribution in [2.45, 2.75) is 52.1 Å². The fourth-order valence-corrected chi connectivity index (χ4v) is 2.70. The first kappa shape index (κ1) is 17.9. The topological polar surface area (TPSA) is 33.7 Å². The highest BCUT2D eigenvalue weighted by Crippen LogP contribution is 2.22. The first-order chi connectivity index (χ1) is 9.51. The first-order valence-electron chi connectivity index (χ1n) is 8.06. The second kappa shape index (κ2) is 8.98. The SMILES string of the molecule is CCC(C)C1CN(CCCOCCOC)C(C)(C)CN1. The Morgan fingerprint density at radius 2 is 2.05 bits per heavy atom. The van der Waals surface area contributed by atoms with E-state index in [4.69, 9.17) is 9.47 Å². The molecule has 4 nitrogen and oxygen atoms in total. The maximum atomic E-state index is 5.56. The third-order valence-electron chi connectivity index (χ3n) is 4.55. The highest BCUT2D eigenvalue weighted by atomic mass is 16.5. The molecule has 1 heterocycles. The molecule has 1 fully saturated rings. The van der Waals surface area contributed by atoms with Crippen LogP contribution >= 0.6 is 0 Å². The lowest BCUT2D eigenvalue weighted by atomic mass is 9.91. The van der Waals surface area contributed by atoms with Crippen LogP contribution in [-0.2, 0) is 9.47 Å². The Balaban J connectivity index is 2.32. The molecule has 2 unspecified atom stereocenters. The molecule has 0 aromatic rings. The average molecular weight is 286 g/mol. The minimum absolute atomic E-state index is 0.247. The fourth-order valence-electron chi connectivity index (χ4n) is 2.70. The number of piperazine rings is 1. The van der Waals surface area contributed by atoms with Crippen LogP contribution in [0.1, 0.15) is 40.5 Å². The van der Waals surface area contributed by atoms with Crippen molar-refractivity contribution in [3.63, 3.8) is 0 Å². The summed E-state index contributed by atoms with van der Waals surface area (Å²) in [6.07, 6.45) is 2.34. The van der Waals surface area contributed by atoms with Crippen LogP contribution in [0.3, 0.4) is 0 Å². The Morgan fingerprint density at radius 3 is 2.70 bits per heavy atom. The molecule has 0 aromatic heterocycles. The van der Waals surface area contributed by atoms with Gasteiger partial charge in [-0.25, -0.2) is 0 Å². The molecule has 1 saturated heterocycles. The average Bonchev–Trinajstić information content (AvgIpc) is 2.43. The molecule has 2 atom stereocenters. The number of rotatable bonds is 9. The molecule has 1 aliphatic rings. The van der Waals surface area contributed by atoms with Crippen molar-refractivity contribution in [3.8, 4) is 0 Å². The van der Waals surface area contributed by atoms with E-state index in [9.17, 15) is 0 Å². The molecular weight excluding hydrogens is 252 g/mol. The second-order valence-electron chi connectivity index (χ2n) is 6.59. The van der Waals surface area contributed by atoms with Gasteiger partial charge in [-0.3, -0.25) is 4.90 Å². The summed E-state index contributed by atoms with van der Waals surface area (Å²) >= 11 is 0. The summed E-state index contributed by atoms with van der Waals surface area (Å²) in [7, 11) is 1.71. The molecule has 0 saturated carbocycles.